The fraction of sp³-hybridized carbons (Fsp3) is 0.273. The van der Waals surface area contributed by atoms with Gasteiger partial charge >= 0.3 is 0 Å². The number of benzene rings is 2. The van der Waals surface area contributed by atoms with E-state index in [0.717, 1.165) is 51.3 Å². The minimum atomic E-state index is 0.126. The molecule has 3 aromatic rings. The second-order valence-corrected chi connectivity index (χ2v) is 9.10. The number of ether oxygens (including phenoxy) is 2. The Labute approximate surface area is 177 Å². The van der Waals surface area contributed by atoms with Crippen LogP contribution in [0.3, 0.4) is 0 Å². The van der Waals surface area contributed by atoms with Gasteiger partial charge in [0.2, 0.25) is 5.91 Å². The minimum absolute atomic E-state index is 0.126. The molecule has 5 rings (SSSR count). The van der Waals surface area contributed by atoms with Crippen molar-refractivity contribution in [3.63, 3.8) is 0 Å². The predicted octanol–water partition coefficient (Wildman–Crippen LogP) is 4.57. The van der Waals surface area contributed by atoms with Crippen molar-refractivity contribution in [1.82, 2.24) is 4.98 Å². The zero-order chi connectivity index (χ0) is 19.8. The van der Waals surface area contributed by atoms with Gasteiger partial charge in [-0.3, -0.25) is 4.79 Å². The number of hydrogen-bond donors (Lipinski definition) is 0. The van der Waals surface area contributed by atoms with E-state index in [2.05, 4.69) is 28.6 Å². The number of nitrogens with zero attached hydrogens (tertiary/aromatic N) is 2. The summed E-state index contributed by atoms with van der Waals surface area (Å²) >= 11 is 3.19. The summed E-state index contributed by atoms with van der Waals surface area (Å²) in [7, 11) is 0. The third kappa shape index (κ3) is 3.72. The number of thiazole rings is 1. The van der Waals surface area contributed by atoms with Crippen molar-refractivity contribution in [1.29, 1.82) is 0 Å². The summed E-state index contributed by atoms with van der Waals surface area (Å²) in [5.74, 6) is 2.05. The molecular formula is C22H20N2O3S2. The fourth-order valence-corrected chi connectivity index (χ4v) is 5.08. The number of aromatic nitrogens is 1. The Morgan fingerprint density at radius 1 is 1.17 bits per heavy atom. The molecule has 0 saturated heterocycles. The molecule has 0 spiro atoms. The van der Waals surface area contributed by atoms with E-state index in [1.807, 2.05) is 30.0 Å². The molecule has 5 nitrogen and oxygen atoms in total. The Morgan fingerprint density at radius 3 is 2.86 bits per heavy atom. The molecular weight excluding hydrogens is 404 g/mol. The number of hydrogen-bond acceptors (Lipinski definition) is 6. The minimum Gasteiger partial charge on any atom is -0.486 e. The predicted molar refractivity (Wildman–Crippen MR) is 117 cm³/mol. The molecule has 0 N–H and O–H groups in total. The van der Waals surface area contributed by atoms with Crippen LogP contribution in [0.1, 0.15) is 10.6 Å². The number of carbonyl (C=O) groups excluding carboxylic acids is 1. The van der Waals surface area contributed by atoms with Gasteiger partial charge in [-0.05, 0) is 49.2 Å². The van der Waals surface area contributed by atoms with Crippen LogP contribution >= 0.6 is 23.1 Å². The van der Waals surface area contributed by atoms with E-state index in [9.17, 15) is 4.79 Å². The summed E-state index contributed by atoms with van der Waals surface area (Å²) in [6, 6.07) is 12.1. The molecule has 7 heteroatoms. The first-order valence-electron chi connectivity index (χ1n) is 9.55. The van der Waals surface area contributed by atoms with E-state index in [1.54, 1.807) is 11.3 Å². The van der Waals surface area contributed by atoms with Crippen molar-refractivity contribution >= 4 is 34.7 Å². The van der Waals surface area contributed by atoms with Crippen molar-refractivity contribution < 1.29 is 14.3 Å². The molecule has 2 aliphatic rings. The largest absolute Gasteiger partial charge is 0.486 e. The van der Waals surface area contributed by atoms with E-state index in [1.165, 1.54) is 17.3 Å². The molecule has 1 amide bonds. The van der Waals surface area contributed by atoms with Gasteiger partial charge in [-0.25, -0.2) is 4.98 Å². The van der Waals surface area contributed by atoms with Crippen molar-refractivity contribution in [3.8, 4) is 22.8 Å². The molecule has 0 unspecified atom stereocenters. The van der Waals surface area contributed by atoms with E-state index >= 15 is 0 Å². The molecule has 2 aromatic carbocycles. The highest BCUT2D eigenvalue weighted by atomic mass is 32.2. The normalized spacial score (nSPS) is 14.7. The van der Waals surface area contributed by atoms with Gasteiger partial charge in [-0.2, -0.15) is 0 Å². The van der Waals surface area contributed by atoms with E-state index in [0.29, 0.717) is 19.0 Å². The average Bonchev–Trinajstić information content (AvgIpc) is 3.37. The van der Waals surface area contributed by atoms with Crippen LogP contribution < -0.4 is 14.4 Å². The highest BCUT2D eigenvalue weighted by molar-refractivity contribution is 8.00. The maximum atomic E-state index is 12.9. The topological polar surface area (TPSA) is 51.7 Å². The maximum Gasteiger partial charge on any atom is 0.237 e. The van der Waals surface area contributed by atoms with Crippen LogP contribution in [-0.4, -0.2) is 36.4 Å². The lowest BCUT2D eigenvalue weighted by Gasteiger charge is -2.19. The first-order chi connectivity index (χ1) is 14.2. The zero-order valence-electron chi connectivity index (χ0n) is 16.0. The lowest BCUT2D eigenvalue weighted by atomic mass is 10.1. The molecule has 1 aromatic heterocycles. The quantitative estimate of drug-likeness (QED) is 0.574. The van der Waals surface area contributed by atoms with Gasteiger partial charge in [0.1, 0.15) is 13.2 Å². The van der Waals surface area contributed by atoms with Crippen molar-refractivity contribution in [3.05, 3.63) is 52.3 Å². The molecule has 3 heterocycles. The molecule has 0 fully saturated rings. The standard InChI is InChI=1S/C22H20N2O3S2/c1-14-23-18(12-28-14)15-2-4-19-16(10-15)6-7-24(19)22(25)13-29-17-3-5-20-21(11-17)27-9-8-26-20/h2-5,10-12H,6-9,13H2,1H3. The Bertz CT molecular complexity index is 1080. The molecule has 0 bridgehead atoms. The van der Waals surface area contributed by atoms with E-state index in [4.69, 9.17) is 9.47 Å². The van der Waals surface area contributed by atoms with Crippen LogP contribution in [0.15, 0.2) is 46.7 Å². The van der Waals surface area contributed by atoms with Crippen molar-refractivity contribution in [2.75, 3.05) is 30.4 Å². The van der Waals surface area contributed by atoms with Gasteiger partial charge in [-0.1, -0.05) is 6.07 Å². The van der Waals surface area contributed by atoms with Gasteiger partial charge in [0, 0.05) is 28.1 Å². The lowest BCUT2D eigenvalue weighted by molar-refractivity contribution is -0.116. The maximum absolute atomic E-state index is 12.9. The van der Waals surface area contributed by atoms with Crippen LogP contribution in [0, 0.1) is 6.92 Å². The highest BCUT2D eigenvalue weighted by Crippen LogP contribution is 2.36. The Balaban J connectivity index is 1.27. The van der Waals surface area contributed by atoms with Crippen molar-refractivity contribution in [2.45, 2.75) is 18.2 Å². The summed E-state index contributed by atoms with van der Waals surface area (Å²) in [4.78, 5) is 20.3. The van der Waals surface area contributed by atoms with Crippen LogP contribution in [-0.2, 0) is 11.2 Å². The molecule has 0 radical (unpaired) electrons. The summed E-state index contributed by atoms with van der Waals surface area (Å²) in [6.45, 7) is 3.89. The van der Waals surface area contributed by atoms with Crippen LogP contribution in [0.2, 0.25) is 0 Å². The van der Waals surface area contributed by atoms with Gasteiger partial charge in [-0.15, -0.1) is 23.1 Å². The fourth-order valence-electron chi connectivity index (χ4n) is 3.65. The Hall–Kier alpha value is -2.51. The lowest BCUT2D eigenvalue weighted by Crippen LogP contribution is -2.30. The number of carbonyl (C=O) groups is 1. The van der Waals surface area contributed by atoms with Crippen molar-refractivity contribution in [2.24, 2.45) is 0 Å². The van der Waals surface area contributed by atoms with Crippen LogP contribution in [0.25, 0.3) is 11.3 Å². The number of aryl methyl sites for hydroxylation is 1. The van der Waals surface area contributed by atoms with E-state index in [-0.39, 0.29) is 5.91 Å². The molecule has 0 atom stereocenters. The van der Waals surface area contributed by atoms with E-state index < -0.39 is 0 Å². The summed E-state index contributed by atoms with van der Waals surface area (Å²) in [5.41, 5.74) is 4.36. The number of rotatable bonds is 4. The SMILES string of the molecule is Cc1nc(-c2ccc3c(c2)CCN3C(=O)CSc2ccc3c(c2)OCCO3)cs1. The second kappa shape index (κ2) is 7.72. The second-order valence-electron chi connectivity index (χ2n) is 6.98. The Kier molecular flexibility index (Phi) is 4.93. The van der Waals surface area contributed by atoms with Gasteiger partial charge in [0.25, 0.3) is 0 Å². The third-order valence-corrected chi connectivity index (χ3v) is 6.82. The monoisotopic (exact) mass is 424 g/mol. The molecule has 148 valence electrons. The van der Waals surface area contributed by atoms with Gasteiger partial charge in [0.05, 0.1) is 16.5 Å². The highest BCUT2D eigenvalue weighted by Gasteiger charge is 2.25. The zero-order valence-corrected chi connectivity index (χ0v) is 17.6. The van der Waals surface area contributed by atoms with Gasteiger partial charge in [0.15, 0.2) is 11.5 Å². The number of amides is 1. The number of fused-ring (bicyclic) bond motifs is 2. The first kappa shape index (κ1) is 18.5. The molecule has 2 aliphatic heterocycles. The Morgan fingerprint density at radius 2 is 2.03 bits per heavy atom. The summed E-state index contributed by atoms with van der Waals surface area (Å²) in [5, 5.41) is 3.15. The van der Waals surface area contributed by atoms with Gasteiger partial charge < -0.3 is 14.4 Å². The van der Waals surface area contributed by atoms with Crippen LogP contribution in [0.5, 0.6) is 11.5 Å². The average molecular weight is 425 g/mol. The summed E-state index contributed by atoms with van der Waals surface area (Å²) < 4.78 is 11.2. The van der Waals surface area contributed by atoms with Crippen LogP contribution in [0.4, 0.5) is 5.69 Å². The first-order valence-corrected chi connectivity index (χ1v) is 11.4. The molecule has 29 heavy (non-hydrogen) atoms. The molecule has 0 saturated carbocycles. The smallest absolute Gasteiger partial charge is 0.237 e. The molecule has 0 aliphatic carbocycles. The number of anilines is 1. The number of thioether (sulfide) groups is 1. The third-order valence-electron chi connectivity index (χ3n) is 5.07. The summed E-state index contributed by atoms with van der Waals surface area (Å²) in [6.07, 6.45) is 0.882.